The molecule has 1 aliphatic carbocycles. The van der Waals surface area contributed by atoms with Gasteiger partial charge in [-0.1, -0.05) is 18.2 Å². The van der Waals surface area contributed by atoms with Crippen molar-refractivity contribution < 1.29 is 9.18 Å². The van der Waals surface area contributed by atoms with Crippen molar-refractivity contribution >= 4 is 27.7 Å². The highest BCUT2D eigenvalue weighted by atomic mass is 19.1. The number of aromatic nitrogens is 2. The van der Waals surface area contributed by atoms with Gasteiger partial charge in [-0.2, -0.15) is 0 Å². The van der Waals surface area contributed by atoms with Crippen LogP contribution in [0.3, 0.4) is 0 Å². The van der Waals surface area contributed by atoms with Gasteiger partial charge in [-0.15, -0.1) is 0 Å². The molecule has 0 radical (unpaired) electrons. The number of aromatic amines is 2. The van der Waals surface area contributed by atoms with E-state index in [-0.39, 0.29) is 17.8 Å². The maximum atomic E-state index is 13.6. The van der Waals surface area contributed by atoms with Crippen LogP contribution in [-0.4, -0.2) is 15.9 Å². The van der Waals surface area contributed by atoms with Crippen molar-refractivity contribution in [2.45, 2.75) is 31.7 Å². The third-order valence-corrected chi connectivity index (χ3v) is 5.53. The number of fused-ring (bicyclic) bond motifs is 4. The van der Waals surface area contributed by atoms with Gasteiger partial charge in [-0.3, -0.25) is 4.79 Å². The number of aryl methyl sites for hydroxylation is 1. The van der Waals surface area contributed by atoms with Crippen LogP contribution in [-0.2, 0) is 17.6 Å². The maximum Gasteiger partial charge on any atom is 0.225 e. The molecule has 1 amide bonds. The third kappa shape index (κ3) is 2.79. The van der Waals surface area contributed by atoms with Gasteiger partial charge >= 0.3 is 0 Å². The van der Waals surface area contributed by atoms with Crippen molar-refractivity contribution in [3.63, 3.8) is 0 Å². The summed E-state index contributed by atoms with van der Waals surface area (Å²) in [5.41, 5.74) is 5.12. The first-order valence-corrected chi connectivity index (χ1v) is 9.33. The summed E-state index contributed by atoms with van der Waals surface area (Å²) in [5.74, 6) is -0.225. The number of H-pyrrole nitrogens is 2. The molecule has 0 saturated carbocycles. The van der Waals surface area contributed by atoms with Crippen LogP contribution in [0.5, 0.6) is 0 Å². The highest BCUT2D eigenvalue weighted by Gasteiger charge is 2.26. The molecule has 3 N–H and O–H groups in total. The molecule has 1 aliphatic rings. The Hall–Kier alpha value is -3.08. The van der Waals surface area contributed by atoms with E-state index in [0.717, 1.165) is 57.9 Å². The number of rotatable bonds is 3. The second kappa shape index (κ2) is 6.27. The van der Waals surface area contributed by atoms with Crippen LogP contribution in [0.2, 0.25) is 0 Å². The minimum atomic E-state index is -0.227. The van der Waals surface area contributed by atoms with Crippen LogP contribution in [0.4, 0.5) is 4.39 Å². The third-order valence-electron chi connectivity index (χ3n) is 5.53. The smallest absolute Gasteiger partial charge is 0.225 e. The summed E-state index contributed by atoms with van der Waals surface area (Å²) in [6.07, 6.45) is 5.02. The SMILES string of the molecule is O=C(Cc1c[nH]c2ccccc12)N[C@H]1CCCc2c1[nH]c1ccc(F)cc21. The van der Waals surface area contributed by atoms with Crippen LogP contribution >= 0.6 is 0 Å². The van der Waals surface area contributed by atoms with E-state index in [1.165, 1.54) is 6.07 Å². The number of carbonyl (C=O) groups excluding carboxylic acids is 1. The van der Waals surface area contributed by atoms with Gasteiger partial charge in [-0.05, 0) is 54.7 Å². The zero-order valence-electron chi connectivity index (χ0n) is 14.8. The van der Waals surface area contributed by atoms with Crippen molar-refractivity contribution in [1.29, 1.82) is 0 Å². The van der Waals surface area contributed by atoms with Gasteiger partial charge in [0.25, 0.3) is 0 Å². The number of halogens is 1. The molecule has 4 nitrogen and oxygen atoms in total. The minimum Gasteiger partial charge on any atom is -0.361 e. The molecule has 0 unspecified atom stereocenters. The lowest BCUT2D eigenvalue weighted by Gasteiger charge is -2.23. The molecular weight excluding hydrogens is 341 g/mol. The fourth-order valence-corrected chi connectivity index (χ4v) is 4.28. The Morgan fingerprint density at radius 2 is 2.04 bits per heavy atom. The van der Waals surface area contributed by atoms with E-state index in [1.807, 2.05) is 30.5 Å². The summed E-state index contributed by atoms with van der Waals surface area (Å²) in [7, 11) is 0. The van der Waals surface area contributed by atoms with Gasteiger partial charge in [0.05, 0.1) is 12.5 Å². The van der Waals surface area contributed by atoms with Gasteiger partial charge in [0.15, 0.2) is 0 Å². The molecule has 5 rings (SSSR count). The van der Waals surface area contributed by atoms with Crippen LogP contribution in [0.25, 0.3) is 21.8 Å². The number of benzene rings is 2. The summed E-state index contributed by atoms with van der Waals surface area (Å²) in [6.45, 7) is 0. The van der Waals surface area contributed by atoms with E-state index in [0.29, 0.717) is 6.42 Å². The summed E-state index contributed by atoms with van der Waals surface area (Å²) in [5, 5.41) is 5.19. The quantitative estimate of drug-likeness (QED) is 0.493. The molecule has 4 aromatic rings. The summed E-state index contributed by atoms with van der Waals surface area (Å²) < 4.78 is 13.6. The summed E-state index contributed by atoms with van der Waals surface area (Å²) >= 11 is 0. The van der Waals surface area contributed by atoms with Gasteiger partial charge in [0.2, 0.25) is 5.91 Å². The first-order valence-electron chi connectivity index (χ1n) is 9.33. The van der Waals surface area contributed by atoms with Crippen molar-refractivity contribution in [1.82, 2.24) is 15.3 Å². The lowest BCUT2D eigenvalue weighted by Crippen LogP contribution is -2.32. The molecule has 0 saturated heterocycles. The number of hydrogen-bond donors (Lipinski definition) is 3. The van der Waals surface area contributed by atoms with Gasteiger partial charge in [-0.25, -0.2) is 4.39 Å². The first-order chi connectivity index (χ1) is 13.2. The van der Waals surface area contributed by atoms with Crippen LogP contribution in [0.15, 0.2) is 48.7 Å². The molecule has 0 aliphatic heterocycles. The van der Waals surface area contributed by atoms with E-state index in [9.17, 15) is 9.18 Å². The molecule has 2 aromatic heterocycles. The van der Waals surface area contributed by atoms with E-state index >= 15 is 0 Å². The Morgan fingerprint density at radius 3 is 2.96 bits per heavy atom. The lowest BCUT2D eigenvalue weighted by molar-refractivity contribution is -0.121. The van der Waals surface area contributed by atoms with Gasteiger partial charge < -0.3 is 15.3 Å². The van der Waals surface area contributed by atoms with Crippen molar-refractivity contribution in [3.05, 3.63) is 71.3 Å². The van der Waals surface area contributed by atoms with Crippen LogP contribution in [0, 0.1) is 5.82 Å². The Bertz CT molecular complexity index is 1160. The van der Waals surface area contributed by atoms with Crippen LogP contribution < -0.4 is 5.32 Å². The fourth-order valence-electron chi connectivity index (χ4n) is 4.28. The molecule has 0 bridgehead atoms. The maximum absolute atomic E-state index is 13.6. The second-order valence-electron chi connectivity index (χ2n) is 7.26. The molecule has 0 spiro atoms. The van der Waals surface area contributed by atoms with Crippen molar-refractivity contribution in [2.75, 3.05) is 0 Å². The first kappa shape index (κ1) is 16.1. The molecular formula is C22H20FN3O. The average Bonchev–Trinajstić information content (AvgIpc) is 3.24. The zero-order valence-corrected chi connectivity index (χ0v) is 14.8. The largest absolute Gasteiger partial charge is 0.361 e. The van der Waals surface area contributed by atoms with Crippen molar-refractivity contribution in [2.24, 2.45) is 0 Å². The van der Waals surface area contributed by atoms with Crippen LogP contribution in [0.1, 0.15) is 35.7 Å². The predicted octanol–water partition coefficient (Wildman–Crippen LogP) is 4.52. The van der Waals surface area contributed by atoms with E-state index < -0.39 is 0 Å². The number of hydrogen-bond acceptors (Lipinski definition) is 1. The van der Waals surface area contributed by atoms with Crippen molar-refractivity contribution in [3.8, 4) is 0 Å². The highest BCUT2D eigenvalue weighted by molar-refractivity contribution is 5.89. The normalized spacial score (nSPS) is 16.6. The fraction of sp³-hybridized carbons (Fsp3) is 0.227. The number of amides is 1. The minimum absolute atomic E-state index is 0.00226. The number of para-hydroxylation sites is 1. The Labute approximate surface area is 155 Å². The standard InChI is InChI=1S/C22H20FN3O/c23-14-8-9-19-17(11-14)16-5-3-7-20(22(16)26-19)25-21(27)10-13-12-24-18-6-2-1-4-15(13)18/h1-2,4,6,8-9,11-12,20,24,26H,3,5,7,10H2,(H,25,27)/t20-/m0/s1. The second-order valence-corrected chi connectivity index (χ2v) is 7.26. The highest BCUT2D eigenvalue weighted by Crippen LogP contribution is 2.35. The van der Waals surface area contributed by atoms with E-state index in [2.05, 4.69) is 15.3 Å². The number of carbonyl (C=O) groups is 1. The topological polar surface area (TPSA) is 60.7 Å². The molecule has 2 aromatic carbocycles. The van der Waals surface area contributed by atoms with E-state index in [4.69, 9.17) is 0 Å². The Morgan fingerprint density at radius 1 is 1.15 bits per heavy atom. The number of nitrogens with one attached hydrogen (secondary N) is 3. The molecule has 0 fully saturated rings. The zero-order chi connectivity index (χ0) is 18.4. The van der Waals surface area contributed by atoms with E-state index in [1.54, 1.807) is 12.1 Å². The Kier molecular flexibility index (Phi) is 3.74. The lowest BCUT2D eigenvalue weighted by atomic mass is 9.91. The van der Waals surface area contributed by atoms with Gasteiger partial charge in [0.1, 0.15) is 5.82 Å². The van der Waals surface area contributed by atoms with Gasteiger partial charge in [0, 0.05) is 33.7 Å². The molecule has 136 valence electrons. The summed E-state index contributed by atoms with van der Waals surface area (Å²) in [6, 6.07) is 12.8. The molecule has 2 heterocycles. The average molecular weight is 361 g/mol. The summed E-state index contributed by atoms with van der Waals surface area (Å²) in [4.78, 5) is 19.3. The monoisotopic (exact) mass is 361 g/mol. The predicted molar refractivity (Wildman–Crippen MR) is 104 cm³/mol. The molecule has 5 heteroatoms. The molecule has 1 atom stereocenters. The Balaban J connectivity index is 1.40. The molecule has 27 heavy (non-hydrogen) atoms.